The molecule has 0 aromatic heterocycles. The minimum Gasteiger partial charge on any atom is -0.467 e. The molecule has 10 heteroatoms. The van der Waals surface area contributed by atoms with E-state index in [1.165, 1.54) is 0 Å². The number of aliphatic hydroxyl groups is 3. The molecular weight excluding hydrogens is 376 g/mol. The smallest absolute Gasteiger partial charge is 0.345 e. The van der Waals surface area contributed by atoms with Crippen LogP contribution in [0, 0.1) is 0 Å². The van der Waals surface area contributed by atoms with Crippen molar-refractivity contribution in [2.45, 2.75) is 73.8 Å². The summed E-state index contributed by atoms with van der Waals surface area (Å²) >= 11 is 0. The second-order valence-corrected chi connectivity index (χ2v) is 13.9. The van der Waals surface area contributed by atoms with Gasteiger partial charge < -0.3 is 34.0 Å². The van der Waals surface area contributed by atoms with Gasteiger partial charge in [0.15, 0.2) is 13.9 Å². The van der Waals surface area contributed by atoms with Gasteiger partial charge in [-0.2, -0.15) is 0 Å². The molecule has 27 heavy (non-hydrogen) atoms. The average molecular weight is 404 g/mol. The van der Waals surface area contributed by atoms with Crippen molar-refractivity contribution in [2.24, 2.45) is 0 Å². The monoisotopic (exact) mass is 404 g/mol. The fraction of sp³-hybridized carbons (Fsp3) is 0.882. The van der Waals surface area contributed by atoms with E-state index in [-0.39, 0.29) is 6.42 Å². The summed E-state index contributed by atoms with van der Waals surface area (Å²) < 4.78 is 22.5. The maximum atomic E-state index is 13.1. The number of methoxy groups -OCH3 is 1. The molecule has 3 rings (SSSR count). The highest BCUT2D eigenvalue weighted by atomic mass is 28.4. The SMILES string of the molecule is COC(=O)[C@@]1(O[Si](C)(C)C(C)(C)C)[C@@]2(CO)C[C@@H]3OC(=O)[C@@]1(O)[C@]3(CO)O2. The second kappa shape index (κ2) is 5.52. The van der Waals surface area contributed by atoms with E-state index in [1.54, 1.807) is 0 Å². The zero-order chi connectivity index (χ0) is 20.7. The van der Waals surface area contributed by atoms with Crippen LogP contribution in [0.2, 0.25) is 18.1 Å². The van der Waals surface area contributed by atoms with E-state index in [9.17, 15) is 24.9 Å². The minimum absolute atomic E-state index is 0.109. The first-order chi connectivity index (χ1) is 12.2. The van der Waals surface area contributed by atoms with Gasteiger partial charge in [-0.25, -0.2) is 9.59 Å². The number of hydrogen-bond donors (Lipinski definition) is 3. The number of carbonyl (C=O) groups excluding carboxylic acids is 2. The van der Waals surface area contributed by atoms with Gasteiger partial charge in [-0.15, -0.1) is 0 Å². The number of aliphatic hydroxyl groups excluding tert-OH is 2. The van der Waals surface area contributed by atoms with Crippen LogP contribution in [0.4, 0.5) is 0 Å². The summed E-state index contributed by atoms with van der Waals surface area (Å²) in [4.78, 5) is 25.9. The van der Waals surface area contributed by atoms with E-state index in [2.05, 4.69) is 0 Å². The first-order valence-electron chi connectivity index (χ1n) is 8.89. The Morgan fingerprint density at radius 2 is 1.89 bits per heavy atom. The molecule has 0 amide bonds. The number of fused-ring (bicyclic) bond motifs is 1. The fourth-order valence-electron chi connectivity index (χ4n) is 4.42. The Morgan fingerprint density at radius 1 is 1.30 bits per heavy atom. The molecule has 3 heterocycles. The summed E-state index contributed by atoms with van der Waals surface area (Å²) in [5.41, 5.74) is -8.71. The first-order valence-corrected chi connectivity index (χ1v) is 11.8. The van der Waals surface area contributed by atoms with Gasteiger partial charge in [-0.05, 0) is 18.1 Å². The van der Waals surface area contributed by atoms with Crippen LogP contribution < -0.4 is 0 Å². The molecular formula is C17H28O9Si. The third kappa shape index (κ3) is 1.96. The zero-order valence-corrected chi connectivity index (χ0v) is 17.5. The van der Waals surface area contributed by atoms with Crippen molar-refractivity contribution in [1.29, 1.82) is 0 Å². The van der Waals surface area contributed by atoms with Gasteiger partial charge in [0.1, 0.15) is 11.7 Å². The van der Waals surface area contributed by atoms with Crippen LogP contribution >= 0.6 is 0 Å². The molecule has 3 aliphatic heterocycles. The fourth-order valence-corrected chi connectivity index (χ4v) is 5.91. The summed E-state index contributed by atoms with van der Waals surface area (Å²) in [5.74, 6) is -2.17. The third-order valence-electron chi connectivity index (χ3n) is 6.90. The van der Waals surface area contributed by atoms with Gasteiger partial charge in [0.2, 0.25) is 11.2 Å². The summed E-state index contributed by atoms with van der Waals surface area (Å²) in [6, 6.07) is 0. The predicted molar refractivity (Wildman–Crippen MR) is 93.2 cm³/mol. The molecule has 3 fully saturated rings. The molecule has 0 saturated carbocycles. The Labute approximate surface area is 158 Å². The zero-order valence-electron chi connectivity index (χ0n) is 16.5. The van der Waals surface area contributed by atoms with E-state index in [4.69, 9.17) is 18.6 Å². The lowest BCUT2D eigenvalue weighted by molar-refractivity contribution is -0.210. The van der Waals surface area contributed by atoms with Gasteiger partial charge in [0, 0.05) is 6.42 Å². The Hall–Kier alpha value is -1.04. The molecule has 154 valence electrons. The van der Waals surface area contributed by atoms with Gasteiger partial charge in [0.05, 0.1) is 20.3 Å². The maximum absolute atomic E-state index is 13.1. The van der Waals surface area contributed by atoms with E-state index in [0.29, 0.717) is 0 Å². The molecule has 3 N–H and O–H groups in total. The lowest BCUT2D eigenvalue weighted by atomic mass is 9.61. The van der Waals surface area contributed by atoms with Crippen molar-refractivity contribution in [3.8, 4) is 0 Å². The second-order valence-electron chi connectivity index (χ2n) is 9.15. The lowest BCUT2D eigenvalue weighted by Crippen LogP contribution is -2.79. The number of rotatable bonds is 5. The Morgan fingerprint density at radius 3 is 2.33 bits per heavy atom. The molecule has 2 bridgehead atoms. The quantitative estimate of drug-likeness (QED) is 0.409. The third-order valence-corrected chi connectivity index (χ3v) is 11.3. The summed E-state index contributed by atoms with van der Waals surface area (Å²) in [5, 5.41) is 31.5. The van der Waals surface area contributed by atoms with Gasteiger partial charge in [0.25, 0.3) is 0 Å². The molecule has 3 saturated heterocycles. The van der Waals surface area contributed by atoms with Crippen LogP contribution in [0.3, 0.4) is 0 Å². The Kier molecular flexibility index (Phi) is 4.23. The number of esters is 2. The highest BCUT2D eigenvalue weighted by molar-refractivity contribution is 6.74. The number of ether oxygens (including phenoxy) is 3. The Bertz CT molecular complexity index is 688. The van der Waals surface area contributed by atoms with Crippen molar-refractivity contribution in [1.82, 2.24) is 0 Å². The molecule has 5 atom stereocenters. The molecule has 0 spiro atoms. The van der Waals surface area contributed by atoms with Crippen LogP contribution in [-0.4, -0.2) is 84.4 Å². The van der Waals surface area contributed by atoms with E-state index in [1.807, 2.05) is 33.9 Å². The van der Waals surface area contributed by atoms with Gasteiger partial charge in [-0.1, -0.05) is 20.8 Å². The Balaban J connectivity index is 2.33. The molecule has 0 aliphatic carbocycles. The van der Waals surface area contributed by atoms with Crippen molar-refractivity contribution >= 4 is 20.3 Å². The topological polar surface area (TPSA) is 132 Å². The van der Waals surface area contributed by atoms with Crippen molar-refractivity contribution in [3.63, 3.8) is 0 Å². The standard InChI is InChI=1S/C17H28O9Si/c1-13(2,3)27(5,6)26-17(12(21)23-4)14(8-18)7-10-15(9-19,25-14)16(17,22)11(20)24-10/h10,18-19,22H,7-9H2,1-6H3/t10-,14-,15+,16+,17+/m0/s1. The van der Waals surface area contributed by atoms with Crippen molar-refractivity contribution < 1.29 is 43.5 Å². The normalized spacial score (nSPS) is 43.1. The summed E-state index contributed by atoms with van der Waals surface area (Å²) in [7, 11) is -1.73. The first kappa shape index (κ1) is 20.7. The van der Waals surface area contributed by atoms with Crippen LogP contribution in [0.25, 0.3) is 0 Å². The highest BCUT2D eigenvalue weighted by Gasteiger charge is 2.96. The minimum atomic E-state index is -2.83. The molecule has 0 aromatic carbocycles. The molecule has 9 nitrogen and oxygen atoms in total. The maximum Gasteiger partial charge on any atom is 0.345 e. The van der Waals surface area contributed by atoms with Crippen molar-refractivity contribution in [3.05, 3.63) is 0 Å². The van der Waals surface area contributed by atoms with E-state index in [0.717, 1.165) is 7.11 Å². The van der Waals surface area contributed by atoms with Crippen LogP contribution in [0.1, 0.15) is 27.2 Å². The number of hydrogen-bond acceptors (Lipinski definition) is 9. The lowest BCUT2D eigenvalue weighted by Gasteiger charge is -2.51. The molecule has 0 radical (unpaired) electrons. The molecule has 3 aliphatic rings. The van der Waals surface area contributed by atoms with Gasteiger partial charge in [-0.3, -0.25) is 0 Å². The van der Waals surface area contributed by atoms with E-state index >= 15 is 0 Å². The van der Waals surface area contributed by atoms with Crippen LogP contribution in [0.5, 0.6) is 0 Å². The molecule has 0 unspecified atom stereocenters. The van der Waals surface area contributed by atoms with E-state index < -0.39 is 67.0 Å². The van der Waals surface area contributed by atoms with Crippen LogP contribution in [-0.2, 0) is 28.2 Å². The number of carbonyl (C=O) groups is 2. The largest absolute Gasteiger partial charge is 0.467 e. The predicted octanol–water partition coefficient (Wildman–Crippen LogP) is -0.527. The summed E-state index contributed by atoms with van der Waals surface area (Å²) in [6.07, 6.45) is -1.12. The van der Waals surface area contributed by atoms with Crippen LogP contribution in [0.15, 0.2) is 0 Å². The van der Waals surface area contributed by atoms with Crippen molar-refractivity contribution in [2.75, 3.05) is 20.3 Å². The highest BCUT2D eigenvalue weighted by Crippen LogP contribution is 2.68. The molecule has 0 aromatic rings. The summed E-state index contributed by atoms with van der Waals surface area (Å²) in [6.45, 7) is 7.92. The van der Waals surface area contributed by atoms with Gasteiger partial charge >= 0.3 is 11.9 Å². The average Bonchev–Trinajstić information content (AvgIpc) is 3.06.